The Hall–Kier alpha value is -3.15. The van der Waals surface area contributed by atoms with Gasteiger partial charge in [-0.15, -0.1) is 0 Å². The fourth-order valence-corrected chi connectivity index (χ4v) is 2.58. The summed E-state index contributed by atoms with van der Waals surface area (Å²) in [5, 5.41) is 14.6. The number of aryl methyl sites for hydroxylation is 2. The number of hydrogen-bond donors (Lipinski definition) is 3. The summed E-state index contributed by atoms with van der Waals surface area (Å²) in [4.78, 5) is 35.4. The number of anilines is 1. The number of carbonyl (C=O) groups is 3. The Kier molecular flexibility index (Phi) is 6.11. The summed E-state index contributed by atoms with van der Waals surface area (Å²) in [5.74, 6) is -1.98. The van der Waals surface area contributed by atoms with Crippen molar-refractivity contribution in [1.29, 1.82) is 0 Å². The molecule has 0 aromatic heterocycles. The van der Waals surface area contributed by atoms with E-state index in [1.807, 2.05) is 32.0 Å². The number of aliphatic carboxylic acids is 1. The molecular formula is C20H22N2O4. The largest absolute Gasteiger partial charge is 0.480 e. The van der Waals surface area contributed by atoms with Gasteiger partial charge in [0.15, 0.2) is 0 Å². The van der Waals surface area contributed by atoms with E-state index in [4.69, 9.17) is 0 Å². The van der Waals surface area contributed by atoms with Crippen molar-refractivity contribution in [3.05, 3.63) is 64.7 Å². The third-order valence-electron chi connectivity index (χ3n) is 4.10. The van der Waals surface area contributed by atoms with E-state index in [0.29, 0.717) is 5.69 Å². The van der Waals surface area contributed by atoms with E-state index >= 15 is 0 Å². The Morgan fingerprint density at radius 3 is 2.35 bits per heavy atom. The van der Waals surface area contributed by atoms with E-state index in [9.17, 15) is 19.5 Å². The Morgan fingerprint density at radius 2 is 1.73 bits per heavy atom. The summed E-state index contributed by atoms with van der Waals surface area (Å²) in [6, 6.07) is 11.1. The first kappa shape index (κ1) is 19.2. The number of carbonyl (C=O) groups excluding carboxylic acids is 2. The lowest BCUT2D eigenvalue weighted by Gasteiger charge is -2.17. The standard InChI is InChI=1S/C20H22N2O4/c1-12-8-9-15(10-13(12)2)11-18(20(25)26)22-19(24)16-6-4-5-7-17(16)21-14(3)23/h4-10,18H,11H2,1-3H3,(H,21,23)(H,22,24)(H,25,26)/t18-/m1/s1. The molecule has 1 atom stereocenters. The number of carboxylic acids is 1. The van der Waals surface area contributed by atoms with Gasteiger partial charge >= 0.3 is 5.97 Å². The normalized spacial score (nSPS) is 11.5. The third-order valence-corrected chi connectivity index (χ3v) is 4.10. The lowest BCUT2D eigenvalue weighted by Crippen LogP contribution is -2.42. The quantitative estimate of drug-likeness (QED) is 0.743. The minimum atomic E-state index is -1.12. The van der Waals surface area contributed by atoms with Gasteiger partial charge in [0, 0.05) is 13.3 Å². The van der Waals surface area contributed by atoms with Crippen LogP contribution >= 0.6 is 0 Å². The van der Waals surface area contributed by atoms with Crippen molar-refractivity contribution in [3.8, 4) is 0 Å². The molecule has 0 saturated heterocycles. The van der Waals surface area contributed by atoms with Crippen LogP contribution in [0.4, 0.5) is 5.69 Å². The predicted molar refractivity (Wildman–Crippen MR) is 99.3 cm³/mol. The molecule has 0 aliphatic carbocycles. The molecule has 2 aromatic carbocycles. The molecule has 2 rings (SSSR count). The summed E-state index contributed by atoms with van der Waals surface area (Å²) < 4.78 is 0. The molecule has 3 N–H and O–H groups in total. The highest BCUT2D eigenvalue weighted by Crippen LogP contribution is 2.16. The van der Waals surface area contributed by atoms with E-state index in [1.54, 1.807) is 18.2 Å². The van der Waals surface area contributed by atoms with Crippen LogP contribution in [0.3, 0.4) is 0 Å². The van der Waals surface area contributed by atoms with E-state index in [0.717, 1.165) is 16.7 Å². The molecule has 0 aliphatic rings. The second-order valence-corrected chi connectivity index (χ2v) is 6.21. The average molecular weight is 354 g/mol. The number of hydrogen-bond acceptors (Lipinski definition) is 3. The van der Waals surface area contributed by atoms with Crippen LogP contribution < -0.4 is 10.6 Å². The molecule has 0 aliphatic heterocycles. The molecule has 6 heteroatoms. The van der Waals surface area contributed by atoms with Crippen molar-refractivity contribution in [1.82, 2.24) is 5.32 Å². The number of amides is 2. The first-order valence-corrected chi connectivity index (χ1v) is 8.24. The molecular weight excluding hydrogens is 332 g/mol. The Balaban J connectivity index is 2.19. The maximum absolute atomic E-state index is 12.5. The number of rotatable bonds is 6. The van der Waals surface area contributed by atoms with E-state index in [2.05, 4.69) is 10.6 Å². The zero-order chi connectivity index (χ0) is 19.3. The van der Waals surface area contributed by atoms with Gasteiger partial charge in [-0.25, -0.2) is 4.79 Å². The summed E-state index contributed by atoms with van der Waals surface area (Å²) >= 11 is 0. The molecule has 0 unspecified atom stereocenters. The van der Waals surface area contributed by atoms with Gasteiger partial charge in [-0.05, 0) is 42.7 Å². The lowest BCUT2D eigenvalue weighted by atomic mass is 10.0. The fraction of sp³-hybridized carbons (Fsp3) is 0.250. The van der Waals surface area contributed by atoms with Crippen LogP contribution in [0.2, 0.25) is 0 Å². The van der Waals surface area contributed by atoms with Crippen LogP contribution in [0.25, 0.3) is 0 Å². The molecule has 6 nitrogen and oxygen atoms in total. The second kappa shape index (κ2) is 8.29. The van der Waals surface area contributed by atoms with Crippen LogP contribution in [0.1, 0.15) is 34.0 Å². The zero-order valence-corrected chi connectivity index (χ0v) is 15.0. The maximum atomic E-state index is 12.5. The van der Waals surface area contributed by atoms with Crippen molar-refractivity contribution in [2.45, 2.75) is 33.2 Å². The molecule has 0 heterocycles. The van der Waals surface area contributed by atoms with Gasteiger partial charge in [-0.1, -0.05) is 30.3 Å². The van der Waals surface area contributed by atoms with Gasteiger partial charge in [0.1, 0.15) is 6.04 Å². The van der Waals surface area contributed by atoms with Gasteiger partial charge in [-0.2, -0.15) is 0 Å². The summed E-state index contributed by atoms with van der Waals surface area (Å²) in [6.07, 6.45) is 0.171. The van der Waals surface area contributed by atoms with Gasteiger partial charge in [0.25, 0.3) is 5.91 Å². The molecule has 2 aromatic rings. The van der Waals surface area contributed by atoms with E-state index in [1.165, 1.54) is 13.0 Å². The molecule has 2 amide bonds. The van der Waals surface area contributed by atoms with E-state index in [-0.39, 0.29) is 17.9 Å². The molecule has 136 valence electrons. The minimum absolute atomic E-state index is 0.171. The first-order chi connectivity index (χ1) is 12.3. The number of para-hydroxylation sites is 1. The fourth-order valence-electron chi connectivity index (χ4n) is 2.58. The number of nitrogens with one attached hydrogen (secondary N) is 2. The second-order valence-electron chi connectivity index (χ2n) is 6.21. The van der Waals surface area contributed by atoms with Crippen molar-refractivity contribution >= 4 is 23.5 Å². The maximum Gasteiger partial charge on any atom is 0.326 e. The van der Waals surface area contributed by atoms with Gasteiger partial charge in [0.05, 0.1) is 11.3 Å². The molecule has 26 heavy (non-hydrogen) atoms. The van der Waals surface area contributed by atoms with Crippen LogP contribution in [0, 0.1) is 13.8 Å². The smallest absolute Gasteiger partial charge is 0.326 e. The number of carboxylic acid groups (broad SMARTS) is 1. The van der Waals surface area contributed by atoms with Gasteiger partial charge < -0.3 is 15.7 Å². The molecule has 0 saturated carbocycles. The molecule has 0 spiro atoms. The van der Waals surface area contributed by atoms with Crippen LogP contribution in [-0.2, 0) is 16.0 Å². The highest BCUT2D eigenvalue weighted by atomic mass is 16.4. The summed E-state index contributed by atoms with van der Waals surface area (Å²) in [7, 11) is 0. The SMILES string of the molecule is CC(=O)Nc1ccccc1C(=O)N[C@H](Cc1ccc(C)c(C)c1)C(=O)O. The first-order valence-electron chi connectivity index (χ1n) is 8.24. The average Bonchev–Trinajstić information content (AvgIpc) is 2.57. The minimum Gasteiger partial charge on any atom is -0.480 e. The molecule has 0 radical (unpaired) electrons. The molecule has 0 bridgehead atoms. The Labute approximate surface area is 152 Å². The molecule has 0 fully saturated rings. The summed E-state index contributed by atoms with van der Waals surface area (Å²) in [5.41, 5.74) is 3.57. The van der Waals surface area contributed by atoms with Crippen molar-refractivity contribution in [3.63, 3.8) is 0 Å². The Morgan fingerprint density at radius 1 is 1.04 bits per heavy atom. The highest BCUT2D eigenvalue weighted by molar-refractivity contribution is 6.04. The van der Waals surface area contributed by atoms with Crippen LogP contribution in [0.5, 0.6) is 0 Å². The van der Waals surface area contributed by atoms with Crippen molar-refractivity contribution in [2.24, 2.45) is 0 Å². The summed E-state index contributed by atoms with van der Waals surface area (Å²) in [6.45, 7) is 5.28. The zero-order valence-electron chi connectivity index (χ0n) is 15.0. The predicted octanol–water partition coefficient (Wildman–Crippen LogP) is 2.69. The van der Waals surface area contributed by atoms with Crippen molar-refractivity contribution in [2.75, 3.05) is 5.32 Å². The topological polar surface area (TPSA) is 95.5 Å². The van der Waals surface area contributed by atoms with Crippen molar-refractivity contribution < 1.29 is 19.5 Å². The lowest BCUT2D eigenvalue weighted by molar-refractivity contribution is -0.139. The van der Waals surface area contributed by atoms with Gasteiger partial charge in [0.2, 0.25) is 5.91 Å². The van der Waals surface area contributed by atoms with Gasteiger partial charge in [-0.3, -0.25) is 9.59 Å². The van der Waals surface area contributed by atoms with Crippen LogP contribution in [-0.4, -0.2) is 28.9 Å². The number of benzene rings is 2. The van der Waals surface area contributed by atoms with E-state index < -0.39 is 17.9 Å². The Bertz CT molecular complexity index is 845. The monoisotopic (exact) mass is 354 g/mol. The highest BCUT2D eigenvalue weighted by Gasteiger charge is 2.22. The van der Waals surface area contributed by atoms with Crippen LogP contribution in [0.15, 0.2) is 42.5 Å². The third kappa shape index (κ3) is 4.92.